The van der Waals surface area contributed by atoms with Crippen LogP contribution < -0.4 is 0 Å². The van der Waals surface area contributed by atoms with Gasteiger partial charge in [-0.1, -0.05) is 146 Å². The molecule has 0 aliphatic heterocycles. The third kappa shape index (κ3) is 5.82. The summed E-state index contributed by atoms with van der Waals surface area (Å²) in [6, 6.07) is 79.0. The van der Waals surface area contributed by atoms with E-state index in [1.54, 1.807) is 0 Å². The molecule has 11 aromatic carbocycles. The maximum atomic E-state index is 11.3. The summed E-state index contributed by atoms with van der Waals surface area (Å²) in [7, 11) is 0. The van der Waals surface area contributed by atoms with E-state index >= 15 is 0 Å². The van der Waals surface area contributed by atoms with Crippen molar-refractivity contribution in [2.75, 3.05) is 0 Å². The number of nitrogens with zero attached hydrogens (tertiary/aromatic N) is 4. The molecule has 5 nitrogen and oxygen atoms in total. The van der Waals surface area contributed by atoms with Gasteiger partial charge in [0.1, 0.15) is 17.2 Å². The number of para-hydroxylation sites is 1. The van der Waals surface area contributed by atoms with Gasteiger partial charge in [0.15, 0.2) is 0 Å². The van der Waals surface area contributed by atoms with Gasteiger partial charge in [0, 0.05) is 38.0 Å². The smallest absolute Gasteiger partial charge is 0.214 e. The topological polar surface area (TPSA) is 51.1 Å². The van der Waals surface area contributed by atoms with Crippen molar-refractivity contribution in [2.24, 2.45) is 0 Å². The monoisotopic (exact) mass is 876 g/mol. The summed E-state index contributed by atoms with van der Waals surface area (Å²) in [6.07, 6.45) is 0. The molecule has 69 heavy (non-hydrogen) atoms. The molecule has 0 spiro atoms. The Hall–Kier alpha value is -9.68. The standard InChI is InChI=1S/C64H36N4O/c1-66-55-37-48(67-56-27-24-44(43-17-11-16-42(32-43)39-12-3-2-4-13-39)35-53(56)62-49-18-7-5-14-40(49)22-29-58(62)67)33-47(38-65)64(55)68-57-28-25-45(36-54(57)63-50-19-8-6-15-41(50)23-30-59(63)68)46-26-31-61-52(34-46)51-20-9-10-21-60(51)69-61/h2-37H. The molecule has 0 aliphatic carbocycles. The van der Waals surface area contributed by atoms with Crippen molar-refractivity contribution in [1.29, 1.82) is 5.26 Å². The predicted octanol–water partition coefficient (Wildman–Crippen LogP) is 17.5. The van der Waals surface area contributed by atoms with Crippen molar-refractivity contribution < 1.29 is 4.42 Å². The molecule has 3 aromatic heterocycles. The van der Waals surface area contributed by atoms with E-state index in [-0.39, 0.29) is 0 Å². The summed E-state index contributed by atoms with van der Waals surface area (Å²) in [5, 5.41) is 22.3. The van der Waals surface area contributed by atoms with Crippen molar-refractivity contribution >= 4 is 92.8 Å². The number of furan rings is 1. The average Bonchev–Trinajstić information content (AvgIpc) is 4.08. The fraction of sp³-hybridized carbons (Fsp3) is 0. The van der Waals surface area contributed by atoms with E-state index in [9.17, 15) is 5.26 Å². The molecule has 14 aromatic rings. The van der Waals surface area contributed by atoms with E-state index in [1.807, 2.05) is 36.4 Å². The molecule has 0 radical (unpaired) electrons. The van der Waals surface area contributed by atoms with Gasteiger partial charge in [-0.15, -0.1) is 0 Å². The lowest BCUT2D eigenvalue weighted by Gasteiger charge is -2.16. The third-order valence-corrected chi connectivity index (χ3v) is 14.1. The number of nitriles is 1. The van der Waals surface area contributed by atoms with E-state index in [0.717, 1.165) is 121 Å². The van der Waals surface area contributed by atoms with Gasteiger partial charge in [0.25, 0.3) is 0 Å². The molecule has 3 heterocycles. The van der Waals surface area contributed by atoms with Crippen LogP contribution in [0.4, 0.5) is 5.69 Å². The van der Waals surface area contributed by atoms with Crippen LogP contribution in [-0.4, -0.2) is 9.13 Å². The van der Waals surface area contributed by atoms with E-state index in [2.05, 4.69) is 202 Å². The van der Waals surface area contributed by atoms with Gasteiger partial charge >= 0.3 is 0 Å². The zero-order valence-electron chi connectivity index (χ0n) is 37.0. The molecule has 0 aliphatic rings. The Labute approximate surface area is 396 Å². The fourth-order valence-corrected chi connectivity index (χ4v) is 11.0. The summed E-state index contributed by atoms with van der Waals surface area (Å²) in [5.41, 5.74) is 14.4. The minimum Gasteiger partial charge on any atom is -0.456 e. The second-order valence-corrected chi connectivity index (χ2v) is 17.8. The quantitative estimate of drug-likeness (QED) is 0.162. The number of aromatic nitrogens is 2. The van der Waals surface area contributed by atoms with Crippen LogP contribution >= 0.6 is 0 Å². The highest BCUT2D eigenvalue weighted by Crippen LogP contribution is 2.45. The summed E-state index contributed by atoms with van der Waals surface area (Å²) >= 11 is 0. The molecule has 14 rings (SSSR count). The summed E-state index contributed by atoms with van der Waals surface area (Å²) in [4.78, 5) is 4.25. The lowest BCUT2D eigenvalue weighted by molar-refractivity contribution is 0.669. The minimum absolute atomic E-state index is 0.391. The van der Waals surface area contributed by atoms with Gasteiger partial charge in [-0.05, 0) is 128 Å². The summed E-state index contributed by atoms with van der Waals surface area (Å²) in [5.74, 6) is 0. The number of fused-ring (bicyclic) bond motifs is 13. The molecule has 0 saturated heterocycles. The SMILES string of the molecule is [C-]#[N+]c1cc(-n2c3ccc(-c4cccc(-c5ccccc5)c4)cc3c3c4ccccc4ccc32)cc(C#N)c1-n1c2ccc(-c3ccc4oc5ccccc5c4c3)cc2c2c3ccccc3ccc21. The molecule has 0 saturated carbocycles. The Bertz CT molecular complexity index is 4540. The number of rotatable bonds is 5. The fourth-order valence-electron chi connectivity index (χ4n) is 11.0. The molecule has 0 amide bonds. The van der Waals surface area contributed by atoms with Crippen LogP contribution in [0.15, 0.2) is 223 Å². The van der Waals surface area contributed by atoms with E-state index in [4.69, 9.17) is 11.0 Å². The Morgan fingerprint density at radius 2 is 0.899 bits per heavy atom. The first-order valence-electron chi connectivity index (χ1n) is 23.1. The van der Waals surface area contributed by atoms with Crippen LogP contribution in [0, 0.1) is 17.9 Å². The summed E-state index contributed by atoms with van der Waals surface area (Å²) in [6.45, 7) is 8.81. The molecule has 318 valence electrons. The number of benzene rings is 11. The number of hydrogen-bond donors (Lipinski definition) is 0. The minimum atomic E-state index is 0.391. The van der Waals surface area contributed by atoms with Crippen LogP contribution in [-0.2, 0) is 0 Å². The van der Waals surface area contributed by atoms with Gasteiger partial charge in [0.2, 0.25) is 5.69 Å². The molecular weight excluding hydrogens is 841 g/mol. The van der Waals surface area contributed by atoms with Crippen molar-refractivity contribution in [1.82, 2.24) is 9.13 Å². The molecule has 0 bridgehead atoms. The van der Waals surface area contributed by atoms with Gasteiger partial charge in [-0.25, -0.2) is 4.85 Å². The average molecular weight is 877 g/mol. The van der Waals surface area contributed by atoms with E-state index in [0.29, 0.717) is 16.9 Å². The zero-order valence-corrected chi connectivity index (χ0v) is 37.0. The molecule has 0 atom stereocenters. The van der Waals surface area contributed by atoms with Crippen molar-refractivity contribution in [2.45, 2.75) is 0 Å². The van der Waals surface area contributed by atoms with Crippen LogP contribution in [0.3, 0.4) is 0 Å². The van der Waals surface area contributed by atoms with Gasteiger partial charge in [-0.3, -0.25) is 0 Å². The highest BCUT2D eigenvalue weighted by atomic mass is 16.3. The maximum absolute atomic E-state index is 11.3. The van der Waals surface area contributed by atoms with Crippen molar-refractivity contribution in [3.8, 4) is 50.8 Å². The van der Waals surface area contributed by atoms with Gasteiger partial charge < -0.3 is 13.6 Å². The Balaban J connectivity index is 0.987. The summed E-state index contributed by atoms with van der Waals surface area (Å²) < 4.78 is 10.6. The van der Waals surface area contributed by atoms with E-state index in [1.165, 1.54) is 5.56 Å². The van der Waals surface area contributed by atoms with Crippen LogP contribution in [0.25, 0.3) is 137 Å². The number of hydrogen-bond acceptors (Lipinski definition) is 2. The normalized spacial score (nSPS) is 11.7. The van der Waals surface area contributed by atoms with Gasteiger partial charge in [0.05, 0.1) is 39.9 Å². The second-order valence-electron chi connectivity index (χ2n) is 17.8. The Morgan fingerprint density at radius 3 is 1.57 bits per heavy atom. The molecule has 0 N–H and O–H groups in total. The molecular formula is C64H36N4O. The molecule has 5 heteroatoms. The Kier molecular flexibility index (Phi) is 8.34. The van der Waals surface area contributed by atoms with Crippen molar-refractivity contribution in [3.63, 3.8) is 0 Å². The van der Waals surface area contributed by atoms with Crippen LogP contribution in [0.5, 0.6) is 0 Å². The molecule has 0 fully saturated rings. The highest BCUT2D eigenvalue weighted by Gasteiger charge is 2.24. The van der Waals surface area contributed by atoms with Crippen LogP contribution in [0.1, 0.15) is 5.56 Å². The van der Waals surface area contributed by atoms with Crippen LogP contribution in [0.2, 0.25) is 0 Å². The molecule has 0 unspecified atom stereocenters. The first-order chi connectivity index (χ1) is 34.1. The first kappa shape index (κ1) is 38.6. The largest absolute Gasteiger partial charge is 0.456 e. The first-order valence-corrected chi connectivity index (χ1v) is 23.1. The highest BCUT2D eigenvalue weighted by molar-refractivity contribution is 6.23. The Morgan fingerprint density at radius 1 is 0.391 bits per heavy atom. The van der Waals surface area contributed by atoms with Gasteiger partial charge in [-0.2, -0.15) is 5.26 Å². The zero-order chi connectivity index (χ0) is 45.7. The lowest BCUT2D eigenvalue weighted by Crippen LogP contribution is -2.02. The second kappa shape index (κ2) is 14.9. The lowest BCUT2D eigenvalue weighted by atomic mass is 9.97. The third-order valence-electron chi connectivity index (χ3n) is 14.1. The van der Waals surface area contributed by atoms with Crippen molar-refractivity contribution in [3.05, 3.63) is 235 Å². The predicted molar refractivity (Wildman–Crippen MR) is 285 cm³/mol. The maximum Gasteiger partial charge on any atom is 0.214 e. The van der Waals surface area contributed by atoms with E-state index < -0.39 is 0 Å².